The van der Waals surface area contributed by atoms with Crippen LogP contribution in [-0.2, 0) is 10.2 Å². The van der Waals surface area contributed by atoms with Crippen LogP contribution in [0.2, 0.25) is 5.02 Å². The zero-order chi connectivity index (χ0) is 10.2. The fourth-order valence-electron chi connectivity index (χ4n) is 1.80. The molecular weight excluding hydrogens is 198 g/mol. The van der Waals surface area contributed by atoms with Crippen LogP contribution in [0.4, 0.5) is 0 Å². The summed E-state index contributed by atoms with van der Waals surface area (Å²) < 4.78 is 0. The molecule has 1 fully saturated rings. The summed E-state index contributed by atoms with van der Waals surface area (Å²) in [6.45, 7) is 0. The molecule has 0 aromatic heterocycles. The average molecular weight is 206 g/mol. The van der Waals surface area contributed by atoms with Crippen molar-refractivity contribution in [1.82, 2.24) is 0 Å². The molecule has 0 atom stereocenters. The molecule has 2 rings (SSSR count). The molecular formula is C11H8ClNO. The van der Waals surface area contributed by atoms with E-state index < -0.39 is 5.41 Å². The monoisotopic (exact) mass is 205 g/mol. The Hall–Kier alpha value is -1.33. The Morgan fingerprint density at radius 3 is 2.50 bits per heavy atom. The summed E-state index contributed by atoms with van der Waals surface area (Å²) in [5.41, 5.74) is 0.124. The van der Waals surface area contributed by atoms with Crippen molar-refractivity contribution in [2.24, 2.45) is 0 Å². The molecule has 1 aromatic carbocycles. The third-order valence-corrected chi connectivity index (χ3v) is 2.93. The van der Waals surface area contributed by atoms with Gasteiger partial charge in [-0.2, -0.15) is 5.26 Å². The normalized spacial score (nSPS) is 18.4. The topological polar surface area (TPSA) is 40.9 Å². The maximum Gasteiger partial charge on any atom is 0.136 e. The van der Waals surface area contributed by atoms with Gasteiger partial charge >= 0.3 is 0 Å². The van der Waals surface area contributed by atoms with Crippen LogP contribution in [-0.4, -0.2) is 5.78 Å². The minimum absolute atomic E-state index is 0.131. The molecule has 0 unspecified atom stereocenters. The van der Waals surface area contributed by atoms with Crippen molar-refractivity contribution in [3.05, 3.63) is 34.9 Å². The van der Waals surface area contributed by atoms with E-state index in [4.69, 9.17) is 16.9 Å². The van der Waals surface area contributed by atoms with Crippen LogP contribution < -0.4 is 0 Å². The Morgan fingerprint density at radius 2 is 2.00 bits per heavy atom. The number of hydrogen-bond donors (Lipinski definition) is 0. The minimum atomic E-state index is -0.657. The Kier molecular flexibility index (Phi) is 2.05. The van der Waals surface area contributed by atoms with Gasteiger partial charge in [0.05, 0.1) is 11.5 Å². The first-order valence-electron chi connectivity index (χ1n) is 4.36. The number of hydrogen-bond acceptors (Lipinski definition) is 2. The number of Topliss-reactive ketones (excluding diaryl/α,β-unsaturated/α-hetero) is 1. The van der Waals surface area contributed by atoms with Crippen molar-refractivity contribution in [3.63, 3.8) is 0 Å². The number of halogens is 1. The number of rotatable bonds is 1. The van der Waals surface area contributed by atoms with Crippen LogP contribution in [0.15, 0.2) is 24.3 Å². The summed E-state index contributed by atoms with van der Waals surface area (Å²) in [5, 5.41) is 9.64. The van der Waals surface area contributed by atoms with Gasteiger partial charge in [0, 0.05) is 17.9 Å². The number of carbonyl (C=O) groups excluding carboxylic acids is 1. The van der Waals surface area contributed by atoms with Crippen LogP contribution in [0.3, 0.4) is 0 Å². The number of nitrogens with zero attached hydrogens (tertiary/aromatic N) is 1. The summed E-state index contributed by atoms with van der Waals surface area (Å²) in [7, 11) is 0. The summed E-state index contributed by atoms with van der Waals surface area (Å²) in [4.78, 5) is 11.0. The largest absolute Gasteiger partial charge is 0.300 e. The second kappa shape index (κ2) is 3.11. The Morgan fingerprint density at radius 1 is 1.36 bits per heavy atom. The molecule has 0 aliphatic heterocycles. The fourth-order valence-corrected chi connectivity index (χ4v) is 2.12. The van der Waals surface area contributed by atoms with Crippen molar-refractivity contribution in [3.8, 4) is 6.07 Å². The third-order valence-electron chi connectivity index (χ3n) is 2.60. The standard InChI is InChI=1S/C11H8ClNO/c12-10-4-2-1-3-9(10)11(7-13)5-8(14)6-11/h1-4H,5-6H2. The van der Waals surface area contributed by atoms with E-state index in [0.717, 1.165) is 5.56 Å². The van der Waals surface area contributed by atoms with Gasteiger partial charge < -0.3 is 0 Å². The molecule has 0 N–H and O–H groups in total. The van der Waals surface area contributed by atoms with Crippen molar-refractivity contribution < 1.29 is 4.79 Å². The number of nitriles is 1. The number of benzene rings is 1. The Bertz CT molecular complexity index is 425. The lowest BCUT2D eigenvalue weighted by Gasteiger charge is -2.34. The molecule has 0 saturated heterocycles. The van der Waals surface area contributed by atoms with Gasteiger partial charge in [0.1, 0.15) is 5.78 Å². The zero-order valence-corrected chi connectivity index (χ0v) is 8.21. The van der Waals surface area contributed by atoms with Crippen LogP contribution in [0.5, 0.6) is 0 Å². The van der Waals surface area contributed by atoms with Crippen molar-refractivity contribution in [2.75, 3.05) is 0 Å². The molecule has 1 aliphatic rings. The van der Waals surface area contributed by atoms with E-state index in [1.54, 1.807) is 6.07 Å². The van der Waals surface area contributed by atoms with Crippen molar-refractivity contribution in [2.45, 2.75) is 18.3 Å². The van der Waals surface area contributed by atoms with Crippen LogP contribution >= 0.6 is 11.6 Å². The van der Waals surface area contributed by atoms with E-state index in [2.05, 4.69) is 6.07 Å². The van der Waals surface area contributed by atoms with Crippen LogP contribution in [0.25, 0.3) is 0 Å². The summed E-state index contributed by atoms with van der Waals surface area (Å²) in [5.74, 6) is 0.131. The van der Waals surface area contributed by atoms with Crippen molar-refractivity contribution >= 4 is 17.4 Å². The lowest BCUT2D eigenvalue weighted by atomic mass is 9.65. The molecule has 2 nitrogen and oxygen atoms in total. The van der Waals surface area contributed by atoms with Gasteiger partial charge in [-0.05, 0) is 11.6 Å². The predicted octanol–water partition coefficient (Wildman–Crippen LogP) is 2.46. The molecule has 70 valence electrons. The quantitative estimate of drug-likeness (QED) is 0.707. The molecule has 3 heteroatoms. The molecule has 14 heavy (non-hydrogen) atoms. The summed E-state index contributed by atoms with van der Waals surface area (Å²) in [6, 6.07) is 9.42. The van der Waals surface area contributed by atoms with Gasteiger partial charge in [-0.25, -0.2) is 0 Å². The highest BCUT2D eigenvalue weighted by Crippen LogP contribution is 2.43. The van der Waals surface area contributed by atoms with E-state index in [1.807, 2.05) is 18.2 Å². The molecule has 1 saturated carbocycles. The Labute approximate surface area is 87.1 Å². The van der Waals surface area contributed by atoms with Gasteiger partial charge in [0.15, 0.2) is 0 Å². The first-order valence-corrected chi connectivity index (χ1v) is 4.74. The maximum absolute atomic E-state index is 11.0. The SMILES string of the molecule is N#CC1(c2ccccc2Cl)CC(=O)C1. The van der Waals surface area contributed by atoms with Gasteiger partial charge in [0.2, 0.25) is 0 Å². The first kappa shape index (κ1) is 9.23. The predicted molar refractivity (Wildman–Crippen MR) is 53.0 cm³/mol. The van der Waals surface area contributed by atoms with Crippen LogP contribution in [0, 0.1) is 11.3 Å². The zero-order valence-electron chi connectivity index (χ0n) is 7.46. The second-order valence-corrected chi connectivity index (χ2v) is 3.97. The molecule has 1 aromatic rings. The molecule has 1 aliphatic carbocycles. The minimum Gasteiger partial charge on any atom is -0.300 e. The second-order valence-electron chi connectivity index (χ2n) is 3.57. The van der Waals surface area contributed by atoms with E-state index in [9.17, 15) is 4.79 Å². The molecule has 0 spiro atoms. The van der Waals surface area contributed by atoms with Gasteiger partial charge in [-0.1, -0.05) is 29.8 Å². The molecule has 0 heterocycles. The molecule has 0 radical (unpaired) electrons. The van der Waals surface area contributed by atoms with Gasteiger partial charge in [-0.15, -0.1) is 0 Å². The number of carbonyl (C=O) groups is 1. The highest BCUT2D eigenvalue weighted by molar-refractivity contribution is 6.31. The highest BCUT2D eigenvalue weighted by Gasteiger charge is 2.46. The van der Waals surface area contributed by atoms with E-state index in [-0.39, 0.29) is 5.78 Å². The molecule has 0 bridgehead atoms. The van der Waals surface area contributed by atoms with E-state index >= 15 is 0 Å². The van der Waals surface area contributed by atoms with Gasteiger partial charge in [-0.3, -0.25) is 4.79 Å². The van der Waals surface area contributed by atoms with E-state index in [1.165, 1.54) is 0 Å². The first-order chi connectivity index (χ1) is 6.68. The maximum atomic E-state index is 11.0. The molecule has 0 amide bonds. The number of ketones is 1. The van der Waals surface area contributed by atoms with Crippen molar-refractivity contribution in [1.29, 1.82) is 5.26 Å². The fraction of sp³-hybridized carbons (Fsp3) is 0.273. The lowest BCUT2D eigenvalue weighted by Crippen LogP contribution is -2.40. The lowest BCUT2D eigenvalue weighted by molar-refractivity contribution is -0.126. The summed E-state index contributed by atoms with van der Waals surface area (Å²) >= 11 is 5.99. The highest BCUT2D eigenvalue weighted by atomic mass is 35.5. The van der Waals surface area contributed by atoms with Crippen LogP contribution in [0.1, 0.15) is 18.4 Å². The third kappa shape index (κ3) is 1.21. The average Bonchev–Trinajstić information content (AvgIpc) is 2.14. The Balaban J connectivity index is 2.45. The smallest absolute Gasteiger partial charge is 0.136 e. The van der Waals surface area contributed by atoms with Gasteiger partial charge in [0.25, 0.3) is 0 Å². The van der Waals surface area contributed by atoms with E-state index in [0.29, 0.717) is 17.9 Å². The summed E-state index contributed by atoms with van der Waals surface area (Å²) in [6.07, 6.45) is 0.598.